The molecule has 3 nitrogen and oxygen atoms in total. The van der Waals surface area contributed by atoms with Crippen LogP contribution in [0.2, 0.25) is 0 Å². The molecule has 3 heteroatoms. The van der Waals surface area contributed by atoms with E-state index in [2.05, 4.69) is 37.6 Å². The summed E-state index contributed by atoms with van der Waals surface area (Å²) in [7, 11) is 3.79. The Hall–Kier alpha value is -1.50. The van der Waals surface area contributed by atoms with Crippen molar-refractivity contribution < 1.29 is 9.84 Å². The largest absolute Gasteiger partial charge is 0.496 e. The summed E-state index contributed by atoms with van der Waals surface area (Å²) >= 11 is 0. The number of nitrogens with zero attached hydrogens (tertiary/aromatic N) is 1. The summed E-state index contributed by atoms with van der Waals surface area (Å²) < 4.78 is 5.39. The quantitative estimate of drug-likeness (QED) is 0.825. The number of aliphatic hydroxyl groups excluding tert-OH is 1. The van der Waals surface area contributed by atoms with Gasteiger partial charge in [-0.25, -0.2) is 0 Å². The number of hydrogen-bond acceptors (Lipinski definition) is 3. The van der Waals surface area contributed by atoms with Crippen LogP contribution in [0.1, 0.15) is 31.4 Å². The van der Waals surface area contributed by atoms with Gasteiger partial charge in [0.1, 0.15) is 12.4 Å². The zero-order valence-corrected chi connectivity index (χ0v) is 12.2. The minimum Gasteiger partial charge on any atom is -0.496 e. The van der Waals surface area contributed by atoms with Gasteiger partial charge in [0.05, 0.1) is 7.11 Å². The van der Waals surface area contributed by atoms with E-state index in [1.54, 1.807) is 7.11 Å². The fraction of sp³-hybridized carbons (Fsp3) is 0.500. The molecule has 0 bridgehead atoms. The Morgan fingerprint density at radius 1 is 1.42 bits per heavy atom. The molecule has 1 N–H and O–H groups in total. The van der Waals surface area contributed by atoms with Gasteiger partial charge in [-0.2, -0.15) is 0 Å². The summed E-state index contributed by atoms with van der Waals surface area (Å²) in [6.07, 6.45) is 1.11. The lowest BCUT2D eigenvalue weighted by Crippen LogP contribution is -2.28. The Kier molecular flexibility index (Phi) is 6.41. The molecule has 0 aliphatic heterocycles. The zero-order chi connectivity index (χ0) is 14.3. The van der Waals surface area contributed by atoms with E-state index in [4.69, 9.17) is 9.84 Å². The van der Waals surface area contributed by atoms with Gasteiger partial charge in [-0.15, -0.1) is 0 Å². The van der Waals surface area contributed by atoms with Crippen molar-refractivity contribution in [2.45, 2.75) is 32.9 Å². The van der Waals surface area contributed by atoms with E-state index in [0.29, 0.717) is 6.04 Å². The molecule has 0 heterocycles. The molecular weight excluding hydrogens is 238 g/mol. The Morgan fingerprint density at radius 2 is 2.16 bits per heavy atom. The Morgan fingerprint density at radius 3 is 2.74 bits per heavy atom. The third kappa shape index (κ3) is 4.59. The fourth-order valence-corrected chi connectivity index (χ4v) is 1.86. The van der Waals surface area contributed by atoms with E-state index in [9.17, 15) is 0 Å². The molecule has 1 aromatic carbocycles. The molecule has 0 aliphatic carbocycles. The summed E-state index contributed by atoms with van der Waals surface area (Å²) in [6.45, 7) is 5.10. The van der Waals surface area contributed by atoms with Crippen LogP contribution >= 0.6 is 0 Å². The second-order valence-corrected chi connectivity index (χ2v) is 4.66. The molecule has 0 saturated carbocycles. The van der Waals surface area contributed by atoms with Crippen LogP contribution in [0, 0.1) is 11.8 Å². The minimum atomic E-state index is -0.117. The highest BCUT2D eigenvalue weighted by molar-refractivity contribution is 5.44. The molecule has 0 radical (unpaired) electrons. The maximum atomic E-state index is 8.74. The number of methoxy groups -OCH3 is 1. The van der Waals surface area contributed by atoms with Crippen molar-refractivity contribution in [3.8, 4) is 17.6 Å². The molecule has 0 amide bonds. The number of hydrogen-bond donors (Lipinski definition) is 1. The second kappa shape index (κ2) is 7.83. The van der Waals surface area contributed by atoms with Crippen LogP contribution in [0.5, 0.6) is 5.75 Å². The van der Waals surface area contributed by atoms with Crippen molar-refractivity contribution in [1.29, 1.82) is 0 Å². The molecule has 1 rings (SSSR count). The highest BCUT2D eigenvalue weighted by Gasteiger charge is 2.11. The van der Waals surface area contributed by atoms with Gasteiger partial charge in [-0.05, 0) is 38.6 Å². The van der Waals surface area contributed by atoms with Crippen molar-refractivity contribution in [3.05, 3.63) is 29.3 Å². The summed E-state index contributed by atoms with van der Waals surface area (Å²) in [5.41, 5.74) is 2.03. The van der Waals surface area contributed by atoms with Crippen molar-refractivity contribution in [2.75, 3.05) is 20.8 Å². The molecule has 0 spiro atoms. The standard InChI is InChI=1S/C16H23NO2/c1-5-13(2)17(3)12-15-11-14(7-6-10-18)8-9-16(15)19-4/h8-9,11,13,18H,5,10,12H2,1-4H3. The van der Waals surface area contributed by atoms with Crippen LogP contribution in [0.25, 0.3) is 0 Å². The van der Waals surface area contributed by atoms with E-state index in [1.165, 1.54) is 0 Å². The average molecular weight is 261 g/mol. The number of benzene rings is 1. The topological polar surface area (TPSA) is 32.7 Å². The Bertz CT molecular complexity index is 460. The SMILES string of the molecule is CCC(C)N(C)Cc1cc(C#CCO)ccc1OC. The zero-order valence-electron chi connectivity index (χ0n) is 12.2. The lowest BCUT2D eigenvalue weighted by molar-refractivity contribution is 0.240. The van der Waals surface area contributed by atoms with Gasteiger partial charge in [0.15, 0.2) is 0 Å². The number of rotatable bonds is 5. The minimum absolute atomic E-state index is 0.117. The van der Waals surface area contributed by atoms with Crippen LogP contribution in [-0.4, -0.2) is 36.8 Å². The van der Waals surface area contributed by atoms with Crippen molar-refractivity contribution in [1.82, 2.24) is 4.90 Å². The van der Waals surface area contributed by atoms with Gasteiger partial charge < -0.3 is 9.84 Å². The van der Waals surface area contributed by atoms with Crippen LogP contribution in [0.3, 0.4) is 0 Å². The molecule has 0 fully saturated rings. The molecule has 0 aliphatic rings. The van der Waals surface area contributed by atoms with Gasteiger partial charge >= 0.3 is 0 Å². The van der Waals surface area contributed by atoms with E-state index in [-0.39, 0.29) is 6.61 Å². The second-order valence-electron chi connectivity index (χ2n) is 4.66. The first kappa shape index (κ1) is 15.6. The first-order valence-corrected chi connectivity index (χ1v) is 6.59. The average Bonchev–Trinajstić information content (AvgIpc) is 2.44. The molecule has 0 aromatic heterocycles. The van der Waals surface area contributed by atoms with E-state index < -0.39 is 0 Å². The molecular formula is C16H23NO2. The van der Waals surface area contributed by atoms with Gasteiger partial charge in [0.2, 0.25) is 0 Å². The molecule has 104 valence electrons. The summed E-state index contributed by atoms with van der Waals surface area (Å²) in [5.74, 6) is 6.48. The van der Waals surface area contributed by atoms with Crippen LogP contribution in [0.4, 0.5) is 0 Å². The van der Waals surface area contributed by atoms with E-state index >= 15 is 0 Å². The third-order valence-corrected chi connectivity index (χ3v) is 3.36. The highest BCUT2D eigenvalue weighted by Crippen LogP contribution is 2.22. The first-order chi connectivity index (χ1) is 9.12. The summed E-state index contributed by atoms with van der Waals surface area (Å²) in [6, 6.07) is 6.40. The molecule has 1 unspecified atom stereocenters. The monoisotopic (exact) mass is 261 g/mol. The van der Waals surface area contributed by atoms with E-state index in [1.807, 2.05) is 18.2 Å². The summed E-state index contributed by atoms with van der Waals surface area (Å²) in [5, 5.41) is 8.74. The first-order valence-electron chi connectivity index (χ1n) is 6.59. The molecule has 19 heavy (non-hydrogen) atoms. The maximum Gasteiger partial charge on any atom is 0.123 e. The number of ether oxygens (including phenoxy) is 1. The Labute approximate surface area is 116 Å². The lowest BCUT2D eigenvalue weighted by atomic mass is 10.1. The van der Waals surface area contributed by atoms with E-state index in [0.717, 1.165) is 29.8 Å². The van der Waals surface area contributed by atoms with Crippen molar-refractivity contribution in [2.24, 2.45) is 0 Å². The predicted molar refractivity (Wildman–Crippen MR) is 78.2 cm³/mol. The third-order valence-electron chi connectivity index (χ3n) is 3.36. The van der Waals surface area contributed by atoms with Crippen molar-refractivity contribution >= 4 is 0 Å². The molecule has 0 saturated heterocycles. The van der Waals surface area contributed by atoms with Gasteiger partial charge in [0, 0.05) is 23.7 Å². The molecule has 1 atom stereocenters. The maximum absolute atomic E-state index is 8.74. The van der Waals surface area contributed by atoms with Gasteiger partial charge in [-0.3, -0.25) is 4.90 Å². The Balaban J connectivity index is 2.95. The normalized spacial score (nSPS) is 11.9. The fourth-order valence-electron chi connectivity index (χ4n) is 1.86. The van der Waals surface area contributed by atoms with Crippen LogP contribution in [0.15, 0.2) is 18.2 Å². The predicted octanol–water partition coefficient (Wildman–Crippen LogP) is 2.27. The summed E-state index contributed by atoms with van der Waals surface area (Å²) in [4.78, 5) is 2.29. The van der Waals surface area contributed by atoms with Crippen LogP contribution in [-0.2, 0) is 6.54 Å². The molecule has 1 aromatic rings. The lowest BCUT2D eigenvalue weighted by Gasteiger charge is -2.24. The van der Waals surface area contributed by atoms with Gasteiger partial charge in [0.25, 0.3) is 0 Å². The highest BCUT2D eigenvalue weighted by atomic mass is 16.5. The van der Waals surface area contributed by atoms with Crippen molar-refractivity contribution in [3.63, 3.8) is 0 Å². The van der Waals surface area contributed by atoms with Gasteiger partial charge in [-0.1, -0.05) is 18.8 Å². The number of aliphatic hydroxyl groups is 1. The smallest absolute Gasteiger partial charge is 0.123 e. The van der Waals surface area contributed by atoms with Crippen LogP contribution < -0.4 is 4.74 Å².